The molecule has 10 nitrogen and oxygen atoms in total. The van der Waals surface area contributed by atoms with Crippen LogP contribution in [0.1, 0.15) is 26.2 Å². The average Bonchev–Trinajstić information content (AvgIpc) is 2.28. The second-order valence-corrected chi connectivity index (χ2v) is 7.95. The van der Waals surface area contributed by atoms with Crippen LogP contribution in [0.5, 0.6) is 0 Å². The zero-order chi connectivity index (χ0) is 15.1. The minimum Gasteiger partial charge on any atom is -0.481 e. The standard InChI is InChI=1S/C7H14O10P2/c1-2-7(10,5-6(8)9)3-4-15-19(14,17-16-11)18(12)13/h10H,2-5H2,1H3,(H2-,8,9,11,12,13)/p+1. The van der Waals surface area contributed by atoms with E-state index in [1.807, 2.05) is 0 Å². The highest BCUT2D eigenvalue weighted by molar-refractivity contribution is 8.20. The lowest BCUT2D eigenvalue weighted by Gasteiger charge is -2.24. The van der Waals surface area contributed by atoms with Crippen LogP contribution in [0.2, 0.25) is 0 Å². The van der Waals surface area contributed by atoms with Gasteiger partial charge in [0.1, 0.15) is 0 Å². The van der Waals surface area contributed by atoms with Gasteiger partial charge in [-0.05, 0) is 11.0 Å². The first-order chi connectivity index (χ1) is 8.69. The maximum absolute atomic E-state index is 11.4. The van der Waals surface area contributed by atoms with Gasteiger partial charge in [0.15, 0.2) is 0 Å². The SMILES string of the molecule is CCC(O)(CCOP(=O)(OOO)[P+](=O)O)CC(=O)O. The molecule has 112 valence electrons. The summed E-state index contributed by atoms with van der Waals surface area (Å²) in [5, 5.41) is 29.4. The highest BCUT2D eigenvalue weighted by Gasteiger charge is 2.51. The van der Waals surface area contributed by atoms with Crippen LogP contribution in [-0.2, 0) is 28.2 Å². The van der Waals surface area contributed by atoms with Gasteiger partial charge in [0, 0.05) is 6.42 Å². The Kier molecular flexibility index (Phi) is 7.80. The van der Waals surface area contributed by atoms with Gasteiger partial charge in [0.25, 0.3) is 0 Å². The van der Waals surface area contributed by atoms with E-state index in [0.717, 1.165) is 0 Å². The molecule has 0 aliphatic heterocycles. The molecule has 0 aromatic heterocycles. The Labute approximate surface area is 109 Å². The zero-order valence-corrected chi connectivity index (χ0v) is 11.8. The molecule has 0 aromatic carbocycles. The Bertz CT molecular complexity index is 371. The van der Waals surface area contributed by atoms with E-state index in [1.165, 1.54) is 6.92 Å². The van der Waals surface area contributed by atoms with Crippen molar-refractivity contribution in [3.05, 3.63) is 0 Å². The highest BCUT2D eigenvalue weighted by Crippen LogP contribution is 2.68. The van der Waals surface area contributed by atoms with Gasteiger partial charge in [-0.1, -0.05) is 16.6 Å². The van der Waals surface area contributed by atoms with Crippen molar-refractivity contribution in [3.63, 3.8) is 0 Å². The molecule has 0 fully saturated rings. The van der Waals surface area contributed by atoms with E-state index in [4.69, 9.17) is 15.3 Å². The van der Waals surface area contributed by atoms with Crippen molar-refractivity contribution in [2.45, 2.75) is 31.8 Å². The molecule has 0 bridgehead atoms. The summed E-state index contributed by atoms with van der Waals surface area (Å²) in [7, 11) is -8.03. The molecule has 19 heavy (non-hydrogen) atoms. The Balaban J connectivity index is 4.50. The maximum Gasteiger partial charge on any atom is 0.635 e. The first-order valence-corrected chi connectivity index (χ1v) is 8.50. The van der Waals surface area contributed by atoms with Crippen molar-refractivity contribution in [1.29, 1.82) is 0 Å². The third kappa shape index (κ3) is 6.51. The highest BCUT2D eigenvalue weighted by atomic mass is 32.1. The molecular formula is C7H15O10P2+. The molecule has 4 N–H and O–H groups in total. The molecular weight excluding hydrogens is 306 g/mol. The van der Waals surface area contributed by atoms with Crippen LogP contribution in [0, 0.1) is 0 Å². The smallest absolute Gasteiger partial charge is 0.481 e. The second-order valence-electron chi connectivity index (χ2n) is 3.60. The van der Waals surface area contributed by atoms with Crippen LogP contribution in [-0.4, -0.2) is 38.5 Å². The van der Waals surface area contributed by atoms with E-state index in [1.54, 1.807) is 0 Å². The molecule has 0 aliphatic carbocycles. The van der Waals surface area contributed by atoms with Gasteiger partial charge in [-0.3, -0.25) is 9.32 Å². The van der Waals surface area contributed by atoms with Crippen molar-refractivity contribution in [3.8, 4) is 0 Å². The fraction of sp³-hybridized carbons (Fsp3) is 0.857. The number of aliphatic carboxylic acids is 1. The van der Waals surface area contributed by atoms with Crippen molar-refractivity contribution in [2.75, 3.05) is 6.61 Å². The third-order valence-corrected chi connectivity index (χ3v) is 5.28. The largest absolute Gasteiger partial charge is 0.635 e. The van der Waals surface area contributed by atoms with Crippen LogP contribution in [0.15, 0.2) is 0 Å². The minimum absolute atomic E-state index is 0.0789. The number of hydrogen-bond donors (Lipinski definition) is 4. The summed E-state index contributed by atoms with van der Waals surface area (Å²) in [5.74, 6) is -1.24. The Morgan fingerprint density at radius 1 is 1.47 bits per heavy atom. The fourth-order valence-corrected chi connectivity index (χ4v) is 2.57. The monoisotopic (exact) mass is 321 g/mol. The van der Waals surface area contributed by atoms with E-state index in [-0.39, 0.29) is 12.8 Å². The molecule has 0 heterocycles. The molecule has 0 spiro atoms. The third-order valence-electron chi connectivity index (χ3n) is 2.30. The zero-order valence-electron chi connectivity index (χ0n) is 9.96. The van der Waals surface area contributed by atoms with Crippen LogP contribution >= 0.6 is 15.0 Å². The summed E-state index contributed by atoms with van der Waals surface area (Å²) in [5.41, 5.74) is -1.61. The minimum atomic E-state index is -4.59. The molecule has 0 radical (unpaired) electrons. The molecule has 0 amide bonds. The van der Waals surface area contributed by atoms with Crippen LogP contribution in [0.4, 0.5) is 0 Å². The van der Waals surface area contributed by atoms with Gasteiger partial charge in [-0.25, -0.2) is 9.82 Å². The van der Waals surface area contributed by atoms with E-state index < -0.39 is 39.6 Å². The summed E-state index contributed by atoms with van der Waals surface area (Å²) >= 11 is 0. The Morgan fingerprint density at radius 2 is 2.05 bits per heavy atom. The van der Waals surface area contributed by atoms with Crippen LogP contribution in [0.25, 0.3) is 0 Å². The Hall–Kier alpha value is -0.440. The van der Waals surface area contributed by atoms with Crippen molar-refractivity contribution in [1.82, 2.24) is 0 Å². The van der Waals surface area contributed by atoms with Crippen molar-refractivity contribution in [2.24, 2.45) is 0 Å². The van der Waals surface area contributed by atoms with E-state index in [0.29, 0.717) is 0 Å². The van der Waals surface area contributed by atoms with Crippen molar-refractivity contribution < 1.29 is 48.5 Å². The van der Waals surface area contributed by atoms with E-state index in [9.17, 15) is 19.0 Å². The van der Waals surface area contributed by atoms with Gasteiger partial charge in [0.2, 0.25) is 0 Å². The lowest BCUT2D eigenvalue weighted by atomic mass is 9.93. The summed E-state index contributed by atoms with van der Waals surface area (Å²) in [6.07, 6.45) is -0.757. The molecule has 0 rings (SSSR count). The number of rotatable bonds is 10. The quantitative estimate of drug-likeness (QED) is 0.262. The van der Waals surface area contributed by atoms with Crippen molar-refractivity contribution >= 4 is 21.0 Å². The number of aliphatic hydroxyl groups is 1. The first-order valence-electron chi connectivity index (χ1n) is 5.04. The molecule has 3 atom stereocenters. The van der Waals surface area contributed by atoms with Gasteiger partial charge in [-0.2, -0.15) is 4.89 Å². The maximum atomic E-state index is 11.4. The summed E-state index contributed by atoms with van der Waals surface area (Å²) in [6.45, 7) is 1.00. The molecule has 3 unspecified atom stereocenters. The lowest BCUT2D eigenvalue weighted by Crippen LogP contribution is -2.32. The van der Waals surface area contributed by atoms with Crippen LogP contribution in [0.3, 0.4) is 0 Å². The summed E-state index contributed by atoms with van der Waals surface area (Å²) in [4.78, 5) is 19.2. The van der Waals surface area contributed by atoms with E-state index in [2.05, 4.69) is 14.2 Å². The van der Waals surface area contributed by atoms with Gasteiger partial charge in [-0.15, -0.1) is 0 Å². The average molecular weight is 321 g/mol. The number of hydrogen-bond acceptors (Lipinski definition) is 8. The van der Waals surface area contributed by atoms with E-state index >= 15 is 0 Å². The second kappa shape index (κ2) is 7.98. The predicted octanol–water partition coefficient (Wildman–Crippen LogP) is 1.27. The normalized spacial score (nSPS) is 18.4. The summed E-state index contributed by atoms with van der Waals surface area (Å²) in [6, 6.07) is 0. The molecule has 0 saturated carbocycles. The molecule has 12 heteroatoms. The molecule has 0 aromatic rings. The summed E-state index contributed by atoms with van der Waals surface area (Å²) < 4.78 is 30.3. The number of carboxylic acids is 1. The first kappa shape index (κ1) is 18.6. The number of carbonyl (C=O) groups is 1. The topological polar surface area (TPSA) is 160 Å². The number of carboxylic acid groups (broad SMARTS) is 1. The Morgan fingerprint density at radius 3 is 2.42 bits per heavy atom. The van der Waals surface area contributed by atoms with Crippen LogP contribution < -0.4 is 0 Å². The predicted molar refractivity (Wildman–Crippen MR) is 60.3 cm³/mol. The fourth-order valence-electron chi connectivity index (χ4n) is 1.16. The molecule has 0 aliphatic rings. The van der Waals surface area contributed by atoms with Gasteiger partial charge >= 0.3 is 21.0 Å². The van der Waals surface area contributed by atoms with Gasteiger partial charge in [0.05, 0.1) is 18.6 Å². The molecule has 0 saturated heterocycles. The lowest BCUT2D eigenvalue weighted by molar-refractivity contribution is -0.441. The van der Waals surface area contributed by atoms with Gasteiger partial charge < -0.3 is 10.2 Å².